The number of amides is 1. The smallest absolute Gasteiger partial charge is 0.322 e. The highest BCUT2D eigenvalue weighted by Crippen LogP contribution is 2.30. The number of alkyl halides is 3. The van der Waals surface area contributed by atoms with Gasteiger partial charge in [-0.2, -0.15) is 23.4 Å². The molecular formula is C14H16F3N5O. The maximum Gasteiger partial charge on any atom is 0.435 e. The summed E-state index contributed by atoms with van der Waals surface area (Å²) in [6, 6.07) is -0.0184. The molecule has 0 saturated heterocycles. The first-order chi connectivity index (χ1) is 10.8. The van der Waals surface area contributed by atoms with Crippen molar-refractivity contribution in [3.05, 3.63) is 30.4 Å². The second kappa shape index (κ2) is 5.71. The zero-order valence-corrected chi connectivity index (χ0v) is 12.4. The fourth-order valence-corrected chi connectivity index (χ4v) is 2.16. The Hall–Kier alpha value is -2.32. The predicted octanol–water partition coefficient (Wildman–Crippen LogP) is 2.71. The van der Waals surface area contributed by atoms with Crippen LogP contribution in [0, 0.1) is 5.92 Å². The maximum atomic E-state index is 12.5. The van der Waals surface area contributed by atoms with Crippen molar-refractivity contribution in [3.63, 3.8) is 0 Å². The lowest BCUT2D eigenvalue weighted by Crippen LogP contribution is -2.24. The highest BCUT2D eigenvalue weighted by atomic mass is 19.4. The monoisotopic (exact) mass is 327 g/mol. The Balaban J connectivity index is 1.62. The Morgan fingerprint density at radius 1 is 1.48 bits per heavy atom. The van der Waals surface area contributed by atoms with E-state index in [9.17, 15) is 18.0 Å². The molecule has 3 rings (SSSR count). The highest BCUT2D eigenvalue weighted by molar-refractivity contribution is 5.93. The molecule has 1 atom stereocenters. The van der Waals surface area contributed by atoms with Gasteiger partial charge in [-0.15, -0.1) is 0 Å². The molecule has 1 N–H and O–H groups in total. The van der Waals surface area contributed by atoms with Gasteiger partial charge >= 0.3 is 6.18 Å². The Kier molecular flexibility index (Phi) is 3.87. The van der Waals surface area contributed by atoms with E-state index in [0.717, 1.165) is 23.5 Å². The van der Waals surface area contributed by atoms with Crippen molar-refractivity contribution < 1.29 is 18.0 Å². The third kappa shape index (κ3) is 3.72. The van der Waals surface area contributed by atoms with Crippen molar-refractivity contribution in [2.45, 2.75) is 38.5 Å². The van der Waals surface area contributed by atoms with Crippen LogP contribution in [0.2, 0.25) is 0 Å². The molecule has 2 aromatic rings. The van der Waals surface area contributed by atoms with Crippen LogP contribution >= 0.6 is 0 Å². The number of carbonyl (C=O) groups excluding carboxylic acids is 1. The Morgan fingerprint density at radius 3 is 2.83 bits per heavy atom. The molecule has 0 aliphatic heterocycles. The van der Waals surface area contributed by atoms with Crippen LogP contribution in [-0.4, -0.2) is 25.5 Å². The molecule has 0 bridgehead atoms. The third-order valence-corrected chi connectivity index (χ3v) is 3.72. The fraction of sp³-hybridized carbons (Fsp3) is 0.500. The second-order valence-electron chi connectivity index (χ2n) is 5.74. The van der Waals surface area contributed by atoms with Crippen LogP contribution in [-0.2, 0) is 17.5 Å². The molecule has 1 unspecified atom stereocenters. The van der Waals surface area contributed by atoms with Crippen molar-refractivity contribution in [1.29, 1.82) is 0 Å². The minimum atomic E-state index is -4.52. The van der Waals surface area contributed by atoms with Gasteiger partial charge in [-0.3, -0.25) is 14.2 Å². The summed E-state index contributed by atoms with van der Waals surface area (Å²) in [5, 5.41) is 10.2. The quantitative estimate of drug-likeness (QED) is 0.918. The van der Waals surface area contributed by atoms with E-state index in [-0.39, 0.29) is 0 Å². The summed E-state index contributed by atoms with van der Waals surface area (Å²) in [7, 11) is 0. The van der Waals surface area contributed by atoms with Crippen molar-refractivity contribution in [3.8, 4) is 0 Å². The van der Waals surface area contributed by atoms with Gasteiger partial charge in [0.15, 0.2) is 5.69 Å². The van der Waals surface area contributed by atoms with E-state index < -0.39 is 23.8 Å². The van der Waals surface area contributed by atoms with E-state index in [1.54, 1.807) is 10.9 Å². The number of halogens is 3. The largest absolute Gasteiger partial charge is 0.435 e. The molecule has 124 valence electrons. The minimum absolute atomic E-state index is 0.451. The summed E-state index contributed by atoms with van der Waals surface area (Å²) in [4.78, 5) is 12.1. The van der Waals surface area contributed by atoms with Crippen molar-refractivity contribution in [1.82, 2.24) is 19.6 Å². The second-order valence-corrected chi connectivity index (χ2v) is 5.74. The van der Waals surface area contributed by atoms with Gasteiger partial charge in [0.25, 0.3) is 0 Å². The average molecular weight is 327 g/mol. The van der Waals surface area contributed by atoms with Crippen molar-refractivity contribution in [2.75, 3.05) is 5.32 Å². The van der Waals surface area contributed by atoms with Gasteiger partial charge < -0.3 is 5.32 Å². The van der Waals surface area contributed by atoms with E-state index in [1.807, 2.05) is 0 Å². The summed E-state index contributed by atoms with van der Waals surface area (Å²) in [6.45, 7) is 2.30. The summed E-state index contributed by atoms with van der Waals surface area (Å²) in [6.07, 6.45) is 2.25. The van der Waals surface area contributed by atoms with Crippen LogP contribution in [0.15, 0.2) is 24.7 Å². The summed E-state index contributed by atoms with van der Waals surface area (Å²) in [5.74, 6) is 0.204. The molecule has 9 heteroatoms. The normalized spacial score (nSPS) is 16.3. The molecule has 2 heterocycles. The fourth-order valence-electron chi connectivity index (χ4n) is 2.16. The lowest BCUT2D eigenvalue weighted by molar-refractivity contribution is -0.141. The van der Waals surface area contributed by atoms with E-state index in [0.29, 0.717) is 11.6 Å². The van der Waals surface area contributed by atoms with Crippen LogP contribution in [0.5, 0.6) is 0 Å². The first-order valence-electron chi connectivity index (χ1n) is 7.28. The van der Waals surface area contributed by atoms with Crippen molar-refractivity contribution >= 4 is 11.6 Å². The Labute approximate surface area is 130 Å². The number of carbonyl (C=O) groups is 1. The van der Waals surface area contributed by atoms with Gasteiger partial charge in [0.2, 0.25) is 5.91 Å². The number of nitrogens with one attached hydrogen (secondary N) is 1. The number of rotatable bonds is 5. The molecule has 6 nitrogen and oxygen atoms in total. The Morgan fingerprint density at radius 2 is 2.22 bits per heavy atom. The van der Waals surface area contributed by atoms with E-state index >= 15 is 0 Å². The van der Waals surface area contributed by atoms with Crippen molar-refractivity contribution in [2.24, 2.45) is 5.92 Å². The predicted molar refractivity (Wildman–Crippen MR) is 75.5 cm³/mol. The van der Waals surface area contributed by atoms with Crippen LogP contribution in [0.4, 0.5) is 18.9 Å². The standard InChI is InChI=1S/C14H16F3N5O/c1-9(22-5-4-12(20-22)14(15,16)17)13(23)19-11-6-18-21(8-11)7-10-2-3-10/h4-6,8-10H,2-3,7H2,1H3,(H,19,23). The summed E-state index contributed by atoms with van der Waals surface area (Å²) in [5.41, 5.74) is -0.500. The van der Waals surface area contributed by atoms with E-state index in [1.165, 1.54) is 26.0 Å². The van der Waals surface area contributed by atoms with E-state index in [2.05, 4.69) is 15.5 Å². The number of anilines is 1. The molecule has 0 radical (unpaired) electrons. The molecule has 1 amide bonds. The average Bonchev–Trinajstić information content (AvgIpc) is 2.98. The Bertz CT molecular complexity index is 701. The number of hydrogen-bond donors (Lipinski definition) is 1. The zero-order chi connectivity index (χ0) is 16.6. The lowest BCUT2D eigenvalue weighted by Gasteiger charge is -2.11. The molecule has 0 aromatic carbocycles. The van der Waals surface area contributed by atoms with Gasteiger partial charge in [0.1, 0.15) is 6.04 Å². The molecule has 1 fully saturated rings. The zero-order valence-electron chi connectivity index (χ0n) is 12.4. The third-order valence-electron chi connectivity index (χ3n) is 3.72. The maximum absolute atomic E-state index is 12.5. The number of hydrogen-bond acceptors (Lipinski definition) is 3. The highest BCUT2D eigenvalue weighted by Gasteiger charge is 2.34. The topological polar surface area (TPSA) is 64.7 Å². The molecule has 1 aliphatic rings. The van der Waals surface area contributed by atoms with Gasteiger partial charge in [0, 0.05) is 18.9 Å². The molecule has 2 aromatic heterocycles. The number of nitrogens with zero attached hydrogens (tertiary/aromatic N) is 4. The summed E-state index contributed by atoms with van der Waals surface area (Å²) >= 11 is 0. The van der Waals surface area contributed by atoms with Gasteiger partial charge in [0.05, 0.1) is 11.9 Å². The molecular weight excluding hydrogens is 311 g/mol. The van der Waals surface area contributed by atoms with Gasteiger partial charge in [-0.1, -0.05) is 0 Å². The van der Waals surface area contributed by atoms with Crippen LogP contribution in [0.3, 0.4) is 0 Å². The molecule has 23 heavy (non-hydrogen) atoms. The molecule has 0 spiro atoms. The first kappa shape index (κ1) is 15.6. The number of aromatic nitrogens is 4. The van der Waals surface area contributed by atoms with E-state index in [4.69, 9.17) is 0 Å². The first-order valence-corrected chi connectivity index (χ1v) is 7.28. The molecule has 1 saturated carbocycles. The van der Waals surface area contributed by atoms with Crippen LogP contribution in [0.1, 0.15) is 31.5 Å². The summed E-state index contributed by atoms with van der Waals surface area (Å²) < 4.78 is 40.4. The van der Waals surface area contributed by atoms with Gasteiger partial charge in [-0.05, 0) is 31.7 Å². The van der Waals surface area contributed by atoms with Crippen LogP contribution in [0.25, 0.3) is 0 Å². The lowest BCUT2D eigenvalue weighted by atomic mass is 10.3. The van der Waals surface area contributed by atoms with Crippen LogP contribution < -0.4 is 5.32 Å². The SMILES string of the molecule is CC(C(=O)Nc1cnn(CC2CC2)c1)n1ccc(C(F)(F)F)n1. The molecule has 1 aliphatic carbocycles. The van der Waals surface area contributed by atoms with Gasteiger partial charge in [-0.25, -0.2) is 0 Å². The minimum Gasteiger partial charge on any atom is -0.322 e.